The van der Waals surface area contributed by atoms with Crippen LogP contribution in [0.1, 0.15) is 38.8 Å². The number of phenols is 1. The SMILES string of the molecule is C=C(c1cnc(-c2ccc(-c3ccnc(OC)c3)cc2O)nn1)C1C[C@@]2(C)CC[C@](C)(N2)[C@@H]1F. The lowest BCUT2D eigenvalue weighted by Gasteiger charge is -2.45. The Morgan fingerprint density at radius 2 is 1.94 bits per heavy atom. The normalized spacial score (nSPS) is 28.0. The van der Waals surface area contributed by atoms with Gasteiger partial charge in [0.1, 0.15) is 17.6 Å². The van der Waals surface area contributed by atoms with Crippen LogP contribution in [0, 0.1) is 5.92 Å². The fourth-order valence-corrected chi connectivity index (χ4v) is 5.38. The molecule has 4 atom stereocenters. The Hall–Kier alpha value is -3.39. The number of halogens is 1. The van der Waals surface area contributed by atoms with E-state index in [1.54, 1.807) is 37.7 Å². The van der Waals surface area contributed by atoms with Gasteiger partial charge in [-0.2, -0.15) is 0 Å². The summed E-state index contributed by atoms with van der Waals surface area (Å²) in [5.41, 5.74) is 2.56. The Labute approximate surface area is 198 Å². The van der Waals surface area contributed by atoms with Crippen molar-refractivity contribution >= 4 is 5.57 Å². The molecule has 2 saturated heterocycles. The lowest BCUT2D eigenvalue weighted by Crippen LogP contribution is -2.60. The Balaban J connectivity index is 1.37. The monoisotopic (exact) mass is 461 g/mol. The summed E-state index contributed by atoms with van der Waals surface area (Å²) >= 11 is 0. The van der Waals surface area contributed by atoms with E-state index in [1.807, 2.05) is 19.1 Å². The van der Waals surface area contributed by atoms with E-state index >= 15 is 4.39 Å². The first kappa shape index (κ1) is 22.4. The molecule has 1 unspecified atom stereocenters. The van der Waals surface area contributed by atoms with Crippen LogP contribution in [0.4, 0.5) is 4.39 Å². The zero-order valence-corrected chi connectivity index (χ0v) is 19.5. The van der Waals surface area contributed by atoms with Gasteiger partial charge in [0.2, 0.25) is 5.88 Å². The average molecular weight is 462 g/mol. The Morgan fingerprint density at radius 1 is 1.15 bits per heavy atom. The largest absolute Gasteiger partial charge is 0.507 e. The van der Waals surface area contributed by atoms with Crippen LogP contribution in [0.3, 0.4) is 0 Å². The molecular formula is C26H28FN5O2. The molecule has 176 valence electrons. The molecule has 1 aromatic carbocycles. The lowest BCUT2D eigenvalue weighted by molar-refractivity contribution is 0.0770. The minimum Gasteiger partial charge on any atom is -0.507 e. The second kappa shape index (κ2) is 8.13. The molecule has 2 fully saturated rings. The summed E-state index contributed by atoms with van der Waals surface area (Å²) in [5.74, 6) is 0.464. The van der Waals surface area contributed by atoms with Crippen LogP contribution in [-0.4, -0.2) is 49.6 Å². The third-order valence-corrected chi connectivity index (χ3v) is 7.27. The van der Waals surface area contributed by atoms with Crippen LogP contribution in [-0.2, 0) is 0 Å². The Kier molecular flexibility index (Phi) is 5.36. The first-order valence-electron chi connectivity index (χ1n) is 11.4. The van der Waals surface area contributed by atoms with E-state index in [-0.39, 0.29) is 23.0 Å². The highest BCUT2D eigenvalue weighted by Crippen LogP contribution is 2.49. The van der Waals surface area contributed by atoms with Gasteiger partial charge in [-0.05, 0) is 68.0 Å². The van der Waals surface area contributed by atoms with Crippen molar-refractivity contribution < 1.29 is 14.2 Å². The standard InChI is InChI=1S/C26H28FN5O2/c1-15(19-13-25(2)8-9-26(3,32-25)23(19)27)20-14-29-24(31-30-20)18-6-5-16(11-21(18)33)17-7-10-28-22(12-17)34-4/h5-7,10-12,14,19,23,32-33H,1,8-9,13H2,2-4H3/t19?,23-,25-,26+/m1/s1. The first-order valence-corrected chi connectivity index (χ1v) is 11.4. The molecule has 2 aliphatic rings. The lowest BCUT2D eigenvalue weighted by atomic mass is 9.75. The van der Waals surface area contributed by atoms with Crippen molar-refractivity contribution in [2.24, 2.45) is 5.92 Å². The smallest absolute Gasteiger partial charge is 0.213 e. The maximum atomic E-state index is 15.4. The van der Waals surface area contributed by atoms with Gasteiger partial charge in [-0.1, -0.05) is 12.6 Å². The average Bonchev–Trinajstić information content (AvgIpc) is 3.12. The van der Waals surface area contributed by atoms with Crippen LogP contribution < -0.4 is 10.1 Å². The molecule has 5 rings (SSSR count). The number of aromatic nitrogens is 4. The minimum absolute atomic E-state index is 0.0289. The van der Waals surface area contributed by atoms with E-state index in [1.165, 1.54) is 0 Å². The highest BCUT2D eigenvalue weighted by molar-refractivity contribution is 5.73. The summed E-state index contributed by atoms with van der Waals surface area (Å²) in [6.45, 7) is 8.26. The summed E-state index contributed by atoms with van der Waals surface area (Å²) in [7, 11) is 1.55. The zero-order valence-electron chi connectivity index (χ0n) is 19.5. The fourth-order valence-electron chi connectivity index (χ4n) is 5.38. The highest BCUT2D eigenvalue weighted by Gasteiger charge is 2.55. The second-order valence-corrected chi connectivity index (χ2v) is 9.83. The molecular weight excluding hydrogens is 433 g/mol. The number of piperidine rings is 1. The number of alkyl halides is 1. The summed E-state index contributed by atoms with van der Waals surface area (Å²) < 4.78 is 20.6. The van der Waals surface area contributed by atoms with Gasteiger partial charge in [0.05, 0.1) is 18.9 Å². The maximum Gasteiger partial charge on any atom is 0.213 e. The number of rotatable bonds is 5. The minimum atomic E-state index is -1.06. The van der Waals surface area contributed by atoms with Crippen molar-refractivity contribution in [3.05, 3.63) is 55.0 Å². The molecule has 8 heteroatoms. The quantitative estimate of drug-likeness (QED) is 0.574. The van der Waals surface area contributed by atoms with E-state index < -0.39 is 11.7 Å². The van der Waals surface area contributed by atoms with Gasteiger partial charge >= 0.3 is 0 Å². The van der Waals surface area contributed by atoms with Gasteiger partial charge in [-0.15, -0.1) is 10.2 Å². The predicted octanol–water partition coefficient (Wildman–Crippen LogP) is 4.59. The van der Waals surface area contributed by atoms with E-state index in [4.69, 9.17) is 4.74 Å². The third-order valence-electron chi connectivity index (χ3n) is 7.27. The van der Waals surface area contributed by atoms with Crippen LogP contribution in [0.25, 0.3) is 28.1 Å². The molecule has 2 aliphatic heterocycles. The number of pyridine rings is 1. The Bertz CT molecular complexity index is 1250. The number of allylic oxidation sites excluding steroid dienone is 1. The van der Waals surface area contributed by atoms with E-state index in [0.29, 0.717) is 29.1 Å². The van der Waals surface area contributed by atoms with Crippen molar-refractivity contribution in [1.82, 2.24) is 25.5 Å². The van der Waals surface area contributed by atoms with Gasteiger partial charge < -0.3 is 15.2 Å². The van der Waals surface area contributed by atoms with Crippen molar-refractivity contribution in [2.45, 2.75) is 50.4 Å². The number of fused-ring (bicyclic) bond motifs is 2. The first-order chi connectivity index (χ1) is 16.2. The third kappa shape index (κ3) is 3.81. The van der Waals surface area contributed by atoms with Crippen molar-refractivity contribution in [2.75, 3.05) is 7.11 Å². The van der Waals surface area contributed by atoms with Crippen LogP contribution in [0.15, 0.2) is 49.3 Å². The maximum absolute atomic E-state index is 15.4. The Morgan fingerprint density at radius 3 is 2.65 bits per heavy atom. The number of nitrogens with one attached hydrogen (secondary N) is 1. The number of aromatic hydroxyl groups is 1. The molecule has 2 N–H and O–H groups in total. The van der Waals surface area contributed by atoms with Crippen LogP contribution >= 0.6 is 0 Å². The molecule has 2 bridgehead atoms. The molecule has 0 saturated carbocycles. The molecule has 7 nitrogen and oxygen atoms in total. The van der Waals surface area contributed by atoms with Gasteiger partial charge in [0.15, 0.2) is 5.82 Å². The number of phenolic OH excluding ortho intramolecular Hbond substituents is 1. The number of benzene rings is 1. The molecule has 3 aromatic rings. The fraction of sp³-hybridized carbons (Fsp3) is 0.385. The second-order valence-electron chi connectivity index (χ2n) is 9.83. The number of nitrogens with zero attached hydrogens (tertiary/aromatic N) is 4. The number of hydrogen-bond acceptors (Lipinski definition) is 7. The number of ether oxygens (including phenoxy) is 1. The van der Waals surface area contributed by atoms with E-state index in [0.717, 1.165) is 24.0 Å². The topological polar surface area (TPSA) is 93.1 Å². The van der Waals surface area contributed by atoms with Gasteiger partial charge in [0, 0.05) is 29.3 Å². The molecule has 0 spiro atoms. The van der Waals surface area contributed by atoms with E-state index in [2.05, 4.69) is 39.0 Å². The van der Waals surface area contributed by atoms with Crippen molar-refractivity contribution in [1.29, 1.82) is 0 Å². The molecule has 34 heavy (non-hydrogen) atoms. The summed E-state index contributed by atoms with van der Waals surface area (Å²) in [6, 6.07) is 8.87. The summed E-state index contributed by atoms with van der Waals surface area (Å²) in [5, 5.41) is 22.6. The number of hydrogen-bond donors (Lipinski definition) is 2. The van der Waals surface area contributed by atoms with Crippen LogP contribution in [0.2, 0.25) is 0 Å². The van der Waals surface area contributed by atoms with Crippen molar-refractivity contribution in [3.8, 4) is 34.1 Å². The van der Waals surface area contributed by atoms with Gasteiger partial charge in [-0.3, -0.25) is 0 Å². The number of methoxy groups -OCH3 is 1. The van der Waals surface area contributed by atoms with Gasteiger partial charge in [-0.25, -0.2) is 14.4 Å². The van der Waals surface area contributed by atoms with Gasteiger partial charge in [0.25, 0.3) is 0 Å². The molecule has 2 aromatic heterocycles. The van der Waals surface area contributed by atoms with E-state index in [9.17, 15) is 5.11 Å². The molecule has 4 heterocycles. The zero-order chi connectivity index (χ0) is 24.1. The van der Waals surface area contributed by atoms with Crippen molar-refractivity contribution in [3.63, 3.8) is 0 Å². The summed E-state index contributed by atoms with van der Waals surface area (Å²) in [6.07, 6.45) is 4.56. The molecule has 0 amide bonds. The summed E-state index contributed by atoms with van der Waals surface area (Å²) in [4.78, 5) is 8.51. The van der Waals surface area contributed by atoms with Crippen LogP contribution in [0.5, 0.6) is 11.6 Å². The molecule has 0 radical (unpaired) electrons. The highest BCUT2D eigenvalue weighted by atomic mass is 19.1. The predicted molar refractivity (Wildman–Crippen MR) is 128 cm³/mol. The molecule has 0 aliphatic carbocycles.